The van der Waals surface area contributed by atoms with Crippen LogP contribution in [-0.2, 0) is 10.8 Å². The van der Waals surface area contributed by atoms with E-state index < -0.39 is 10.8 Å². The molecule has 1 aliphatic heterocycles. The lowest BCUT2D eigenvalue weighted by Crippen LogP contribution is -2.15. The molecular weight excluding hydrogens is 246 g/mol. The number of halogens is 1. The summed E-state index contributed by atoms with van der Waals surface area (Å²) < 4.78 is 11.9. The second kappa shape index (κ2) is 6.27. The maximum Gasteiger partial charge on any atom is 0.149 e. The molecule has 6 heteroatoms. The van der Waals surface area contributed by atoms with Crippen molar-refractivity contribution >= 4 is 23.2 Å². The minimum Gasteiger partial charge on any atom is -0.316 e. The molecule has 2 unspecified atom stereocenters. The van der Waals surface area contributed by atoms with Gasteiger partial charge < -0.3 is 5.32 Å². The second-order valence-electron chi connectivity index (χ2n) is 3.88. The number of rotatable bonds is 3. The summed E-state index contributed by atoms with van der Waals surface area (Å²) in [5.41, 5.74) is 0.860. The molecule has 1 N–H and O–H groups in total. The summed E-state index contributed by atoms with van der Waals surface area (Å²) in [5, 5.41) is 11.7. The van der Waals surface area contributed by atoms with Crippen LogP contribution in [0.2, 0.25) is 0 Å². The van der Waals surface area contributed by atoms with Gasteiger partial charge in [0.2, 0.25) is 0 Å². The highest BCUT2D eigenvalue weighted by atomic mass is 35.5. The van der Waals surface area contributed by atoms with Crippen LogP contribution >= 0.6 is 12.4 Å². The van der Waals surface area contributed by atoms with E-state index in [-0.39, 0.29) is 12.4 Å². The molecule has 2 rings (SSSR count). The van der Waals surface area contributed by atoms with Gasteiger partial charge in [0, 0.05) is 5.75 Å². The Bertz CT molecular complexity index is 352. The number of hydrogen-bond acceptors (Lipinski definition) is 4. The second-order valence-corrected chi connectivity index (χ2v) is 5.33. The van der Waals surface area contributed by atoms with Crippen LogP contribution in [0.25, 0.3) is 0 Å². The van der Waals surface area contributed by atoms with E-state index in [0.29, 0.717) is 16.7 Å². The van der Waals surface area contributed by atoms with E-state index in [4.69, 9.17) is 0 Å². The molecule has 2 atom stereocenters. The van der Waals surface area contributed by atoms with Crippen LogP contribution in [0.1, 0.15) is 12.1 Å². The molecule has 90 valence electrons. The summed E-state index contributed by atoms with van der Waals surface area (Å²) in [6.45, 7) is 3.90. The molecule has 16 heavy (non-hydrogen) atoms. The fourth-order valence-corrected chi connectivity index (χ4v) is 2.90. The first-order valence-electron chi connectivity index (χ1n) is 5.15. The standard InChI is InChI=1S/C10H15N3OS.ClH/c1-8-2-3-10(13-12-8)15(14)7-9-4-5-11-6-9;/h2-3,9,11H,4-7H2,1H3;1H. The number of hydrogen-bond donors (Lipinski definition) is 1. The van der Waals surface area contributed by atoms with E-state index in [1.807, 2.05) is 13.0 Å². The highest BCUT2D eigenvalue weighted by Gasteiger charge is 2.18. The van der Waals surface area contributed by atoms with Crippen molar-refractivity contribution in [2.45, 2.75) is 18.4 Å². The third kappa shape index (κ3) is 3.50. The van der Waals surface area contributed by atoms with Gasteiger partial charge in [0.05, 0.1) is 16.5 Å². The van der Waals surface area contributed by atoms with Crippen LogP contribution in [0, 0.1) is 12.8 Å². The van der Waals surface area contributed by atoms with Gasteiger partial charge in [-0.05, 0) is 44.5 Å². The van der Waals surface area contributed by atoms with Crippen LogP contribution in [0.3, 0.4) is 0 Å². The summed E-state index contributed by atoms with van der Waals surface area (Å²) in [6, 6.07) is 3.66. The van der Waals surface area contributed by atoms with Crippen LogP contribution in [0.4, 0.5) is 0 Å². The topological polar surface area (TPSA) is 54.9 Å². The first-order chi connectivity index (χ1) is 7.25. The summed E-state index contributed by atoms with van der Waals surface area (Å²) in [4.78, 5) is 0. The summed E-state index contributed by atoms with van der Waals surface area (Å²) in [7, 11) is -0.995. The maximum absolute atomic E-state index is 11.9. The lowest BCUT2D eigenvalue weighted by atomic mass is 10.2. The van der Waals surface area contributed by atoms with Crippen molar-refractivity contribution in [1.29, 1.82) is 0 Å². The van der Waals surface area contributed by atoms with Crippen molar-refractivity contribution < 1.29 is 4.21 Å². The first-order valence-corrected chi connectivity index (χ1v) is 6.47. The molecule has 0 radical (unpaired) electrons. The number of nitrogens with one attached hydrogen (secondary N) is 1. The summed E-state index contributed by atoms with van der Waals surface area (Å²) in [5.74, 6) is 1.22. The fourth-order valence-electron chi connectivity index (χ4n) is 1.66. The zero-order valence-corrected chi connectivity index (χ0v) is 10.8. The zero-order chi connectivity index (χ0) is 10.7. The smallest absolute Gasteiger partial charge is 0.149 e. The molecule has 1 aromatic heterocycles. The minimum atomic E-state index is -0.995. The van der Waals surface area contributed by atoms with Crippen molar-refractivity contribution in [2.24, 2.45) is 5.92 Å². The molecule has 0 bridgehead atoms. The largest absolute Gasteiger partial charge is 0.316 e. The lowest BCUT2D eigenvalue weighted by Gasteiger charge is -2.06. The van der Waals surface area contributed by atoms with Gasteiger partial charge in [-0.2, -0.15) is 5.10 Å². The van der Waals surface area contributed by atoms with Gasteiger partial charge in [0.15, 0.2) is 0 Å². The Morgan fingerprint density at radius 3 is 2.88 bits per heavy atom. The third-order valence-electron chi connectivity index (χ3n) is 2.56. The molecule has 0 saturated carbocycles. The van der Waals surface area contributed by atoms with E-state index in [0.717, 1.165) is 25.2 Å². The Balaban J connectivity index is 0.00000128. The average Bonchev–Trinajstić information content (AvgIpc) is 2.71. The highest BCUT2D eigenvalue weighted by Crippen LogP contribution is 2.12. The lowest BCUT2D eigenvalue weighted by molar-refractivity contribution is 0.629. The number of nitrogens with zero attached hydrogens (tertiary/aromatic N) is 2. The van der Waals surface area contributed by atoms with Crippen molar-refractivity contribution in [3.8, 4) is 0 Å². The van der Waals surface area contributed by atoms with E-state index in [9.17, 15) is 4.21 Å². The monoisotopic (exact) mass is 261 g/mol. The van der Waals surface area contributed by atoms with Gasteiger partial charge in [-0.1, -0.05) is 0 Å². The Morgan fingerprint density at radius 1 is 1.50 bits per heavy atom. The Hall–Kier alpha value is -0.520. The predicted octanol–water partition coefficient (Wildman–Crippen LogP) is 0.924. The van der Waals surface area contributed by atoms with Gasteiger partial charge in [-0.25, -0.2) is 0 Å². The van der Waals surface area contributed by atoms with Gasteiger partial charge in [-0.3, -0.25) is 4.21 Å². The van der Waals surface area contributed by atoms with Crippen LogP contribution < -0.4 is 5.32 Å². The van der Waals surface area contributed by atoms with Crippen LogP contribution in [-0.4, -0.2) is 33.2 Å². The van der Waals surface area contributed by atoms with E-state index in [1.54, 1.807) is 6.07 Å². The van der Waals surface area contributed by atoms with E-state index in [2.05, 4.69) is 15.5 Å². The maximum atomic E-state index is 11.9. The van der Waals surface area contributed by atoms with E-state index >= 15 is 0 Å². The van der Waals surface area contributed by atoms with Crippen LogP contribution in [0.5, 0.6) is 0 Å². The number of aryl methyl sites for hydroxylation is 1. The SMILES string of the molecule is Cc1ccc(S(=O)CC2CCNC2)nn1.Cl. The summed E-state index contributed by atoms with van der Waals surface area (Å²) in [6.07, 6.45) is 1.12. The molecule has 1 fully saturated rings. The summed E-state index contributed by atoms with van der Waals surface area (Å²) >= 11 is 0. The fraction of sp³-hybridized carbons (Fsp3) is 0.600. The molecule has 0 spiro atoms. The van der Waals surface area contributed by atoms with Gasteiger partial charge in [-0.15, -0.1) is 17.5 Å². The van der Waals surface area contributed by atoms with Gasteiger partial charge in [0.1, 0.15) is 5.03 Å². The molecule has 0 aliphatic carbocycles. The molecule has 4 nitrogen and oxygen atoms in total. The molecule has 1 saturated heterocycles. The Morgan fingerprint density at radius 2 is 2.31 bits per heavy atom. The zero-order valence-electron chi connectivity index (χ0n) is 9.18. The third-order valence-corrected chi connectivity index (χ3v) is 4.01. The van der Waals surface area contributed by atoms with Crippen molar-refractivity contribution in [2.75, 3.05) is 18.8 Å². The quantitative estimate of drug-likeness (QED) is 0.879. The van der Waals surface area contributed by atoms with Crippen molar-refractivity contribution in [3.63, 3.8) is 0 Å². The minimum absolute atomic E-state index is 0. The Kier molecular flexibility index (Phi) is 5.31. The molecule has 1 aliphatic rings. The molecule has 2 heterocycles. The molecule has 1 aromatic rings. The van der Waals surface area contributed by atoms with Crippen molar-refractivity contribution in [3.05, 3.63) is 17.8 Å². The van der Waals surface area contributed by atoms with E-state index in [1.165, 1.54) is 0 Å². The predicted molar refractivity (Wildman–Crippen MR) is 66.3 cm³/mol. The van der Waals surface area contributed by atoms with Gasteiger partial charge >= 0.3 is 0 Å². The average molecular weight is 262 g/mol. The normalized spacial score (nSPS) is 21.4. The molecule has 0 amide bonds. The Labute approximate surface area is 104 Å². The highest BCUT2D eigenvalue weighted by molar-refractivity contribution is 7.84. The van der Waals surface area contributed by atoms with Crippen LogP contribution in [0.15, 0.2) is 17.2 Å². The number of aromatic nitrogens is 2. The molecule has 0 aromatic carbocycles. The van der Waals surface area contributed by atoms with Crippen molar-refractivity contribution in [1.82, 2.24) is 15.5 Å². The first kappa shape index (κ1) is 13.5. The molecular formula is C10H16ClN3OS. The van der Waals surface area contributed by atoms with Gasteiger partial charge in [0.25, 0.3) is 0 Å².